The molecule has 0 aromatic heterocycles. The van der Waals surface area contributed by atoms with Crippen LogP contribution in [-0.2, 0) is 9.59 Å². The molecule has 0 radical (unpaired) electrons. The number of carbonyl (C=O) groups excluding carboxylic acids is 2. The molecule has 2 fully saturated rings. The summed E-state index contributed by atoms with van der Waals surface area (Å²) in [7, 11) is 0. The highest BCUT2D eigenvalue weighted by atomic mass is 16.4. The van der Waals surface area contributed by atoms with E-state index in [1.807, 2.05) is 6.92 Å². The van der Waals surface area contributed by atoms with E-state index in [0.717, 1.165) is 25.7 Å². The Morgan fingerprint density at radius 3 is 2.57 bits per heavy atom. The monoisotopic (exact) mass is 297 g/mol. The lowest BCUT2D eigenvalue weighted by molar-refractivity contribution is -0.145. The molecule has 1 heterocycles. The van der Waals surface area contributed by atoms with E-state index in [0.29, 0.717) is 12.6 Å². The second kappa shape index (κ2) is 6.78. The Bertz CT molecular complexity index is 422. The van der Waals surface area contributed by atoms with Gasteiger partial charge in [-0.25, -0.2) is 9.59 Å². The molecule has 0 spiro atoms. The first kappa shape index (κ1) is 15.6. The van der Waals surface area contributed by atoms with Gasteiger partial charge in [-0.3, -0.25) is 4.79 Å². The van der Waals surface area contributed by atoms with E-state index in [1.165, 1.54) is 4.90 Å². The summed E-state index contributed by atoms with van der Waals surface area (Å²) in [4.78, 5) is 36.3. The molecule has 1 aliphatic carbocycles. The fourth-order valence-corrected chi connectivity index (χ4v) is 2.70. The topological polar surface area (TPSA) is 98.7 Å². The van der Waals surface area contributed by atoms with Gasteiger partial charge in [-0.05, 0) is 31.6 Å². The zero-order chi connectivity index (χ0) is 15.4. The molecular weight excluding hydrogens is 274 g/mol. The maximum atomic E-state index is 12.1. The summed E-state index contributed by atoms with van der Waals surface area (Å²) >= 11 is 0. The Balaban J connectivity index is 1.77. The van der Waals surface area contributed by atoms with E-state index in [-0.39, 0.29) is 24.8 Å². The lowest BCUT2D eigenvalue weighted by Crippen LogP contribution is -2.55. The van der Waals surface area contributed by atoms with Gasteiger partial charge in [0.05, 0.1) is 0 Å². The SMILES string of the molecule is CC1CCCN(C(=O)NCCC(=O)NC2CC2)C1C(=O)O. The van der Waals surface area contributed by atoms with Gasteiger partial charge in [0.2, 0.25) is 5.91 Å². The first-order chi connectivity index (χ1) is 9.99. The van der Waals surface area contributed by atoms with Crippen LogP contribution in [0.5, 0.6) is 0 Å². The standard InChI is InChI=1S/C14H23N3O4/c1-9-3-2-8-17(12(9)13(19)20)14(21)15-7-6-11(18)16-10-4-5-10/h9-10,12H,2-8H2,1H3,(H,15,21)(H,16,18)(H,19,20). The van der Waals surface area contributed by atoms with Crippen LogP contribution in [0.1, 0.15) is 39.0 Å². The number of nitrogens with zero attached hydrogens (tertiary/aromatic N) is 1. The van der Waals surface area contributed by atoms with E-state index in [4.69, 9.17) is 0 Å². The molecule has 0 aromatic carbocycles. The Labute approximate surface area is 124 Å². The maximum absolute atomic E-state index is 12.1. The number of rotatable bonds is 5. The molecule has 2 aliphatic rings. The molecule has 2 unspecified atom stereocenters. The second-order valence-corrected chi connectivity index (χ2v) is 5.92. The Morgan fingerprint density at radius 1 is 1.24 bits per heavy atom. The highest BCUT2D eigenvalue weighted by Crippen LogP contribution is 2.23. The summed E-state index contributed by atoms with van der Waals surface area (Å²) in [6.07, 6.45) is 3.91. The number of aliphatic carboxylic acids is 1. The predicted molar refractivity (Wildman–Crippen MR) is 75.7 cm³/mol. The number of carboxylic acids is 1. The molecule has 7 nitrogen and oxygen atoms in total. The van der Waals surface area contributed by atoms with Crippen LogP contribution >= 0.6 is 0 Å². The number of hydrogen-bond acceptors (Lipinski definition) is 3. The average Bonchev–Trinajstić information content (AvgIpc) is 3.21. The van der Waals surface area contributed by atoms with Gasteiger partial charge in [0.25, 0.3) is 0 Å². The molecule has 0 aromatic rings. The minimum atomic E-state index is -0.969. The van der Waals surface area contributed by atoms with Gasteiger partial charge < -0.3 is 20.6 Å². The zero-order valence-corrected chi connectivity index (χ0v) is 12.3. The van der Waals surface area contributed by atoms with Gasteiger partial charge in [0.1, 0.15) is 6.04 Å². The van der Waals surface area contributed by atoms with Crippen molar-refractivity contribution in [2.24, 2.45) is 5.92 Å². The van der Waals surface area contributed by atoms with Gasteiger partial charge in [0, 0.05) is 25.6 Å². The quantitative estimate of drug-likeness (QED) is 0.690. The lowest BCUT2D eigenvalue weighted by atomic mass is 9.91. The van der Waals surface area contributed by atoms with Crippen LogP contribution in [0.3, 0.4) is 0 Å². The third kappa shape index (κ3) is 4.34. The largest absolute Gasteiger partial charge is 0.480 e. The molecule has 1 aliphatic heterocycles. The van der Waals surface area contributed by atoms with Gasteiger partial charge in [-0.2, -0.15) is 0 Å². The number of piperidine rings is 1. The summed E-state index contributed by atoms with van der Waals surface area (Å²) in [5, 5.41) is 14.8. The third-order valence-electron chi connectivity index (χ3n) is 4.02. The van der Waals surface area contributed by atoms with Crippen LogP contribution in [0.4, 0.5) is 4.79 Å². The number of nitrogens with one attached hydrogen (secondary N) is 2. The summed E-state index contributed by atoms with van der Waals surface area (Å²) in [6.45, 7) is 2.53. The van der Waals surface area contributed by atoms with Crippen molar-refractivity contribution < 1.29 is 19.5 Å². The predicted octanol–water partition coefficient (Wildman–Crippen LogP) is 0.550. The van der Waals surface area contributed by atoms with Crippen LogP contribution in [-0.4, -0.2) is 53.1 Å². The fourth-order valence-electron chi connectivity index (χ4n) is 2.70. The van der Waals surface area contributed by atoms with E-state index in [9.17, 15) is 19.5 Å². The second-order valence-electron chi connectivity index (χ2n) is 5.92. The molecule has 2 atom stereocenters. The van der Waals surface area contributed by atoms with Crippen molar-refractivity contribution in [3.05, 3.63) is 0 Å². The Hall–Kier alpha value is -1.79. The summed E-state index contributed by atoms with van der Waals surface area (Å²) in [6, 6.07) is -0.861. The van der Waals surface area contributed by atoms with Crippen molar-refractivity contribution in [1.29, 1.82) is 0 Å². The molecule has 7 heteroatoms. The molecule has 2 rings (SSSR count). The van der Waals surface area contributed by atoms with Gasteiger partial charge in [0.15, 0.2) is 0 Å². The summed E-state index contributed by atoms with van der Waals surface area (Å²) in [5.41, 5.74) is 0. The number of urea groups is 1. The van der Waals surface area contributed by atoms with E-state index in [1.54, 1.807) is 0 Å². The van der Waals surface area contributed by atoms with Crippen LogP contribution in [0.25, 0.3) is 0 Å². The Morgan fingerprint density at radius 2 is 1.95 bits per heavy atom. The molecular formula is C14H23N3O4. The van der Waals surface area contributed by atoms with Crippen LogP contribution in [0.15, 0.2) is 0 Å². The van der Waals surface area contributed by atoms with Gasteiger partial charge >= 0.3 is 12.0 Å². The van der Waals surface area contributed by atoms with Crippen molar-refractivity contribution >= 4 is 17.9 Å². The summed E-state index contributed by atoms with van der Waals surface area (Å²) < 4.78 is 0. The molecule has 3 amide bonds. The van der Waals surface area contributed by atoms with E-state index < -0.39 is 18.0 Å². The highest BCUT2D eigenvalue weighted by molar-refractivity contribution is 5.83. The lowest BCUT2D eigenvalue weighted by Gasteiger charge is -2.37. The van der Waals surface area contributed by atoms with E-state index in [2.05, 4.69) is 10.6 Å². The van der Waals surface area contributed by atoms with Crippen molar-refractivity contribution in [1.82, 2.24) is 15.5 Å². The van der Waals surface area contributed by atoms with Crippen molar-refractivity contribution in [3.63, 3.8) is 0 Å². The number of carboxylic acid groups (broad SMARTS) is 1. The fraction of sp³-hybridized carbons (Fsp3) is 0.786. The number of hydrogen-bond donors (Lipinski definition) is 3. The molecule has 21 heavy (non-hydrogen) atoms. The molecule has 1 saturated heterocycles. The van der Waals surface area contributed by atoms with Gasteiger partial charge in [-0.1, -0.05) is 6.92 Å². The first-order valence-corrected chi connectivity index (χ1v) is 7.55. The maximum Gasteiger partial charge on any atom is 0.326 e. The normalized spacial score (nSPS) is 25.3. The van der Waals surface area contributed by atoms with Crippen LogP contribution in [0, 0.1) is 5.92 Å². The smallest absolute Gasteiger partial charge is 0.326 e. The van der Waals surface area contributed by atoms with Crippen molar-refractivity contribution in [2.75, 3.05) is 13.1 Å². The summed E-state index contributed by atoms with van der Waals surface area (Å²) in [5.74, 6) is -1.09. The number of amides is 3. The van der Waals surface area contributed by atoms with Crippen molar-refractivity contribution in [3.8, 4) is 0 Å². The Kier molecular flexibility index (Phi) is 5.03. The first-order valence-electron chi connectivity index (χ1n) is 7.55. The number of likely N-dealkylation sites (tertiary alicyclic amines) is 1. The van der Waals surface area contributed by atoms with Crippen molar-refractivity contribution in [2.45, 2.75) is 51.1 Å². The third-order valence-corrected chi connectivity index (χ3v) is 4.02. The minimum Gasteiger partial charge on any atom is -0.480 e. The molecule has 118 valence electrons. The zero-order valence-electron chi connectivity index (χ0n) is 12.3. The van der Waals surface area contributed by atoms with Crippen LogP contribution in [0.2, 0.25) is 0 Å². The van der Waals surface area contributed by atoms with Gasteiger partial charge in [-0.15, -0.1) is 0 Å². The van der Waals surface area contributed by atoms with Crippen LogP contribution < -0.4 is 10.6 Å². The molecule has 3 N–H and O–H groups in total. The minimum absolute atomic E-state index is 0.0554. The highest BCUT2D eigenvalue weighted by Gasteiger charge is 2.36. The molecule has 1 saturated carbocycles. The molecule has 0 bridgehead atoms. The number of carbonyl (C=O) groups is 3. The van der Waals surface area contributed by atoms with E-state index >= 15 is 0 Å². The average molecular weight is 297 g/mol.